The van der Waals surface area contributed by atoms with Crippen LogP contribution in [-0.4, -0.2) is 71.8 Å². The smallest absolute Gasteiger partial charge is 0.338 e. The molecule has 1 heterocycles. The van der Waals surface area contributed by atoms with Crippen molar-refractivity contribution in [3.63, 3.8) is 0 Å². The molecule has 50 heavy (non-hydrogen) atoms. The molecule has 0 aliphatic carbocycles. The monoisotopic (exact) mass is 740 g/mol. The third-order valence-corrected chi connectivity index (χ3v) is 16.2. The van der Waals surface area contributed by atoms with Crippen LogP contribution in [0.2, 0.25) is 51.9 Å². The molecule has 2 aromatic carbocycles. The molecule has 0 aliphatic rings. The second kappa shape index (κ2) is 18.0. The van der Waals surface area contributed by atoms with Gasteiger partial charge in [-0.1, -0.05) is 27.7 Å². The largest absolute Gasteiger partial charge is 0.462 e. The van der Waals surface area contributed by atoms with E-state index in [1.807, 2.05) is 27.7 Å². The summed E-state index contributed by atoms with van der Waals surface area (Å²) < 4.78 is 24.0. The van der Waals surface area contributed by atoms with E-state index >= 15 is 0 Å². The first kappa shape index (κ1) is 40.8. The van der Waals surface area contributed by atoms with Gasteiger partial charge in [0, 0.05) is 17.9 Å². The van der Waals surface area contributed by atoms with Crippen molar-refractivity contribution in [1.29, 1.82) is 0 Å². The van der Waals surface area contributed by atoms with Crippen LogP contribution in [0.4, 0.5) is 29.2 Å². The average Bonchev–Trinajstić information content (AvgIpc) is 2.99. The van der Waals surface area contributed by atoms with Crippen LogP contribution in [0.25, 0.3) is 0 Å². The molecule has 0 amide bonds. The summed E-state index contributed by atoms with van der Waals surface area (Å²) >= 11 is 0. The number of carbonyl (C=O) groups excluding carboxylic acids is 2. The van der Waals surface area contributed by atoms with Gasteiger partial charge in [0.1, 0.15) is 0 Å². The standard InChI is InChI=1S/C35H56N6O6Si3/c1-25(2)23-44-31(42)27-13-17-29(18-14-27)37-34-39-33(36-21-12-22-50(11,46-48(5,6)7)47-49(8,9)10)40-35(41-34)38-30-19-15-28(16-20-30)32(43)45-24-26(3)4/h13-20,25-26H,12,21-24H2,1-11H3,(H3,36,37,38,39,40,41). The van der Waals surface area contributed by atoms with Gasteiger partial charge in [0.15, 0.2) is 16.6 Å². The number of esters is 2. The summed E-state index contributed by atoms with van der Waals surface area (Å²) in [6.07, 6.45) is 0.817. The molecule has 0 saturated heterocycles. The van der Waals surface area contributed by atoms with Crippen LogP contribution in [0.15, 0.2) is 48.5 Å². The van der Waals surface area contributed by atoms with Crippen LogP contribution in [0.5, 0.6) is 0 Å². The van der Waals surface area contributed by atoms with Crippen molar-refractivity contribution in [3.05, 3.63) is 59.7 Å². The van der Waals surface area contributed by atoms with Gasteiger partial charge in [-0.3, -0.25) is 0 Å². The molecule has 0 unspecified atom stereocenters. The summed E-state index contributed by atoms with van der Waals surface area (Å²) in [5.41, 5.74) is 2.29. The molecule has 0 saturated carbocycles. The number of benzene rings is 2. The van der Waals surface area contributed by atoms with Crippen LogP contribution < -0.4 is 16.0 Å². The van der Waals surface area contributed by atoms with Gasteiger partial charge in [0.05, 0.1) is 24.3 Å². The first-order valence-corrected chi connectivity index (χ1v) is 26.6. The molecule has 0 fully saturated rings. The highest BCUT2D eigenvalue weighted by Crippen LogP contribution is 2.26. The SMILES string of the molecule is CC(C)COC(=O)c1ccc(Nc2nc(NCCC[Si](C)(O[Si](C)(C)C)O[Si](C)(C)C)nc(Nc3ccc(C(=O)OCC(C)C)cc3)n2)cc1. The van der Waals surface area contributed by atoms with Crippen LogP contribution in [-0.2, 0) is 17.7 Å². The van der Waals surface area contributed by atoms with E-state index in [0.717, 1.165) is 12.5 Å². The number of aromatic nitrogens is 3. The van der Waals surface area contributed by atoms with Crippen molar-refractivity contribution in [2.45, 2.75) is 86.0 Å². The van der Waals surface area contributed by atoms with E-state index in [1.165, 1.54) is 0 Å². The Bertz CT molecular complexity index is 1440. The Morgan fingerprint density at radius 2 is 1.00 bits per heavy atom. The number of carbonyl (C=O) groups is 2. The van der Waals surface area contributed by atoms with Gasteiger partial charge < -0.3 is 33.7 Å². The maximum atomic E-state index is 12.4. The second-order valence-electron chi connectivity index (χ2n) is 15.3. The minimum absolute atomic E-state index is 0.252. The number of hydrogen-bond donors (Lipinski definition) is 3. The molecular weight excluding hydrogens is 685 g/mol. The molecule has 0 atom stereocenters. The van der Waals surface area contributed by atoms with E-state index in [-0.39, 0.29) is 23.8 Å². The van der Waals surface area contributed by atoms with Gasteiger partial charge in [0.2, 0.25) is 17.8 Å². The fraction of sp³-hybridized carbons (Fsp3) is 0.514. The quantitative estimate of drug-likeness (QED) is 0.0615. The molecule has 15 heteroatoms. The van der Waals surface area contributed by atoms with Gasteiger partial charge in [-0.25, -0.2) is 9.59 Å². The molecule has 3 N–H and O–H groups in total. The molecule has 12 nitrogen and oxygen atoms in total. The molecule has 3 aromatic rings. The normalized spacial score (nSPS) is 12.2. The molecule has 3 rings (SSSR count). The van der Waals surface area contributed by atoms with E-state index < -0.39 is 25.2 Å². The van der Waals surface area contributed by atoms with Crippen molar-refractivity contribution >= 4 is 66.4 Å². The zero-order valence-corrected chi connectivity index (χ0v) is 34.6. The molecule has 0 bridgehead atoms. The Labute approximate surface area is 301 Å². The Hall–Kier alpha value is -3.64. The molecule has 1 aromatic heterocycles. The maximum absolute atomic E-state index is 12.4. The van der Waals surface area contributed by atoms with E-state index in [2.05, 4.69) is 76.7 Å². The lowest BCUT2D eigenvalue weighted by Gasteiger charge is -2.38. The molecule has 274 valence electrons. The minimum atomic E-state index is -2.39. The lowest BCUT2D eigenvalue weighted by atomic mass is 10.2. The fourth-order valence-corrected chi connectivity index (χ4v) is 17.4. The number of ether oxygens (including phenoxy) is 2. The second-order valence-corrected chi connectivity index (χ2v) is 28.1. The fourth-order valence-electron chi connectivity index (χ4n) is 4.88. The topological polar surface area (TPSA) is 146 Å². The number of nitrogens with one attached hydrogen (secondary N) is 3. The number of nitrogens with zero attached hydrogens (tertiary/aromatic N) is 3. The van der Waals surface area contributed by atoms with E-state index in [1.54, 1.807) is 48.5 Å². The highest BCUT2D eigenvalue weighted by molar-refractivity contribution is 6.87. The Morgan fingerprint density at radius 3 is 1.36 bits per heavy atom. The molecule has 0 radical (unpaired) electrons. The van der Waals surface area contributed by atoms with Gasteiger partial charge >= 0.3 is 20.5 Å². The third kappa shape index (κ3) is 15.1. The molecule has 0 spiro atoms. The van der Waals surface area contributed by atoms with Crippen molar-refractivity contribution in [2.75, 3.05) is 35.7 Å². The Balaban J connectivity index is 1.79. The minimum Gasteiger partial charge on any atom is -0.462 e. The molecular formula is C35H56N6O6Si3. The lowest BCUT2D eigenvalue weighted by molar-refractivity contribution is 0.0450. The van der Waals surface area contributed by atoms with Crippen molar-refractivity contribution in [2.24, 2.45) is 11.8 Å². The van der Waals surface area contributed by atoms with Crippen LogP contribution in [0, 0.1) is 11.8 Å². The first-order valence-electron chi connectivity index (χ1n) is 17.3. The summed E-state index contributed by atoms with van der Waals surface area (Å²) in [4.78, 5) is 38.6. The summed E-state index contributed by atoms with van der Waals surface area (Å²) in [6, 6.07) is 14.7. The third-order valence-electron chi connectivity index (χ3n) is 6.62. The van der Waals surface area contributed by atoms with E-state index in [4.69, 9.17) is 17.7 Å². The first-order chi connectivity index (χ1) is 23.3. The summed E-state index contributed by atoms with van der Waals surface area (Å²) in [5, 5.41) is 9.80. The highest BCUT2D eigenvalue weighted by atomic mass is 28.5. The van der Waals surface area contributed by atoms with E-state index in [9.17, 15) is 9.59 Å². The van der Waals surface area contributed by atoms with Gasteiger partial charge in [-0.2, -0.15) is 15.0 Å². The molecule has 0 aliphatic heterocycles. The average molecular weight is 741 g/mol. The zero-order valence-electron chi connectivity index (χ0n) is 31.6. The lowest BCUT2D eigenvalue weighted by Crippen LogP contribution is -2.52. The summed E-state index contributed by atoms with van der Waals surface area (Å²) in [5.74, 6) is 0.756. The summed E-state index contributed by atoms with van der Waals surface area (Å²) in [7, 11) is -6.00. The maximum Gasteiger partial charge on any atom is 0.338 e. The predicted molar refractivity (Wildman–Crippen MR) is 208 cm³/mol. The Morgan fingerprint density at radius 1 is 0.620 bits per heavy atom. The van der Waals surface area contributed by atoms with Gasteiger partial charge in [-0.15, -0.1) is 0 Å². The predicted octanol–water partition coefficient (Wildman–Crippen LogP) is 8.56. The van der Waals surface area contributed by atoms with Crippen LogP contribution >= 0.6 is 0 Å². The van der Waals surface area contributed by atoms with Crippen molar-refractivity contribution in [1.82, 2.24) is 15.0 Å². The number of hydrogen-bond acceptors (Lipinski definition) is 12. The van der Waals surface area contributed by atoms with Gasteiger partial charge in [0.25, 0.3) is 0 Å². The highest BCUT2D eigenvalue weighted by Gasteiger charge is 2.39. The van der Waals surface area contributed by atoms with Crippen molar-refractivity contribution < 1.29 is 27.3 Å². The van der Waals surface area contributed by atoms with Crippen LogP contribution in [0.3, 0.4) is 0 Å². The zero-order chi connectivity index (χ0) is 37.1. The number of anilines is 5. The van der Waals surface area contributed by atoms with Crippen molar-refractivity contribution in [3.8, 4) is 0 Å². The van der Waals surface area contributed by atoms with Crippen LogP contribution in [0.1, 0.15) is 54.8 Å². The Kier molecular flexibility index (Phi) is 14.7. The van der Waals surface area contributed by atoms with E-state index in [0.29, 0.717) is 60.1 Å². The number of rotatable bonds is 19. The summed E-state index contributed by atoms with van der Waals surface area (Å²) in [6.45, 7) is 24.7. The van der Waals surface area contributed by atoms with Gasteiger partial charge in [-0.05, 0) is 119 Å².